The highest BCUT2D eigenvalue weighted by atomic mass is 16.5. The van der Waals surface area contributed by atoms with Crippen molar-refractivity contribution in [2.75, 3.05) is 13.1 Å². The maximum atomic E-state index is 11.4. The Morgan fingerprint density at radius 1 is 1.46 bits per heavy atom. The standard InChI is InChI=1S/C10H19NO2/c1-4-9-7-11(10(12)5-2)6-8(3)13-9/h8-9H,4-7H2,1-3H3. The second-order valence-electron chi connectivity index (χ2n) is 3.63. The fourth-order valence-electron chi connectivity index (χ4n) is 1.70. The molecule has 1 amide bonds. The van der Waals surface area contributed by atoms with E-state index in [4.69, 9.17) is 4.74 Å². The second-order valence-corrected chi connectivity index (χ2v) is 3.63. The Labute approximate surface area is 80.1 Å². The summed E-state index contributed by atoms with van der Waals surface area (Å²) in [5, 5.41) is 0. The van der Waals surface area contributed by atoms with E-state index in [1.807, 2.05) is 18.7 Å². The Balaban J connectivity index is 2.51. The van der Waals surface area contributed by atoms with Crippen molar-refractivity contribution >= 4 is 5.91 Å². The molecule has 1 aliphatic heterocycles. The maximum Gasteiger partial charge on any atom is 0.222 e. The molecule has 0 aromatic carbocycles. The number of hydrogen-bond acceptors (Lipinski definition) is 2. The summed E-state index contributed by atoms with van der Waals surface area (Å²) in [6, 6.07) is 0. The first-order valence-corrected chi connectivity index (χ1v) is 5.10. The zero-order valence-electron chi connectivity index (χ0n) is 8.75. The lowest BCUT2D eigenvalue weighted by atomic mass is 10.2. The molecular weight excluding hydrogens is 166 g/mol. The number of hydrogen-bond donors (Lipinski definition) is 0. The first-order valence-electron chi connectivity index (χ1n) is 5.10. The smallest absolute Gasteiger partial charge is 0.222 e. The van der Waals surface area contributed by atoms with Crippen LogP contribution in [-0.2, 0) is 9.53 Å². The van der Waals surface area contributed by atoms with E-state index in [0.717, 1.165) is 19.5 Å². The third-order valence-corrected chi connectivity index (χ3v) is 2.44. The van der Waals surface area contributed by atoms with Gasteiger partial charge in [-0.2, -0.15) is 0 Å². The predicted octanol–water partition coefficient (Wildman–Crippen LogP) is 1.42. The van der Waals surface area contributed by atoms with Crippen molar-refractivity contribution in [1.29, 1.82) is 0 Å². The number of carbonyl (C=O) groups excluding carboxylic acids is 1. The molecule has 3 nitrogen and oxygen atoms in total. The van der Waals surface area contributed by atoms with Gasteiger partial charge >= 0.3 is 0 Å². The van der Waals surface area contributed by atoms with Crippen molar-refractivity contribution in [2.24, 2.45) is 0 Å². The van der Waals surface area contributed by atoms with Crippen LogP contribution in [-0.4, -0.2) is 36.1 Å². The highest BCUT2D eigenvalue weighted by molar-refractivity contribution is 5.75. The summed E-state index contributed by atoms with van der Waals surface area (Å²) in [6.07, 6.45) is 2.01. The van der Waals surface area contributed by atoms with Crippen molar-refractivity contribution in [1.82, 2.24) is 4.90 Å². The van der Waals surface area contributed by atoms with Gasteiger partial charge < -0.3 is 9.64 Å². The topological polar surface area (TPSA) is 29.5 Å². The zero-order valence-corrected chi connectivity index (χ0v) is 8.75. The molecule has 1 saturated heterocycles. The maximum absolute atomic E-state index is 11.4. The fourth-order valence-corrected chi connectivity index (χ4v) is 1.70. The van der Waals surface area contributed by atoms with Crippen LogP contribution < -0.4 is 0 Å². The second kappa shape index (κ2) is 4.61. The Hall–Kier alpha value is -0.570. The fraction of sp³-hybridized carbons (Fsp3) is 0.900. The Morgan fingerprint density at radius 2 is 2.15 bits per heavy atom. The Kier molecular flexibility index (Phi) is 3.72. The lowest BCUT2D eigenvalue weighted by Crippen LogP contribution is -2.48. The molecule has 1 heterocycles. The van der Waals surface area contributed by atoms with E-state index in [-0.39, 0.29) is 18.1 Å². The molecule has 13 heavy (non-hydrogen) atoms. The van der Waals surface area contributed by atoms with Crippen LogP contribution in [0.15, 0.2) is 0 Å². The largest absolute Gasteiger partial charge is 0.372 e. The van der Waals surface area contributed by atoms with E-state index in [0.29, 0.717) is 6.42 Å². The average molecular weight is 185 g/mol. The molecule has 0 aromatic heterocycles. The molecule has 0 radical (unpaired) electrons. The summed E-state index contributed by atoms with van der Waals surface area (Å²) in [6.45, 7) is 7.55. The minimum absolute atomic E-state index is 0.189. The van der Waals surface area contributed by atoms with E-state index in [1.54, 1.807) is 0 Å². The summed E-state index contributed by atoms with van der Waals surface area (Å²) in [7, 11) is 0. The third kappa shape index (κ3) is 2.69. The first-order chi connectivity index (χ1) is 6.17. The van der Waals surface area contributed by atoms with Gasteiger partial charge in [-0.3, -0.25) is 4.79 Å². The van der Waals surface area contributed by atoms with Crippen LogP contribution in [0.1, 0.15) is 33.6 Å². The molecule has 2 atom stereocenters. The third-order valence-electron chi connectivity index (χ3n) is 2.44. The Bertz CT molecular complexity index is 182. The van der Waals surface area contributed by atoms with Crippen molar-refractivity contribution in [3.8, 4) is 0 Å². The molecular formula is C10H19NO2. The van der Waals surface area contributed by atoms with E-state index >= 15 is 0 Å². The van der Waals surface area contributed by atoms with Gasteiger partial charge in [0.2, 0.25) is 5.91 Å². The number of ether oxygens (including phenoxy) is 1. The predicted molar refractivity (Wildman–Crippen MR) is 51.5 cm³/mol. The zero-order chi connectivity index (χ0) is 9.84. The first kappa shape index (κ1) is 10.5. The molecule has 0 aromatic rings. The quantitative estimate of drug-likeness (QED) is 0.651. The van der Waals surface area contributed by atoms with Crippen LogP contribution in [0.25, 0.3) is 0 Å². The van der Waals surface area contributed by atoms with Crippen molar-refractivity contribution in [3.05, 3.63) is 0 Å². The Morgan fingerprint density at radius 3 is 2.69 bits per heavy atom. The van der Waals surface area contributed by atoms with E-state index in [1.165, 1.54) is 0 Å². The van der Waals surface area contributed by atoms with Gasteiger partial charge in [0.05, 0.1) is 12.2 Å². The average Bonchev–Trinajstić information content (AvgIpc) is 2.15. The molecule has 0 spiro atoms. The molecule has 1 fully saturated rings. The van der Waals surface area contributed by atoms with Gasteiger partial charge in [0.1, 0.15) is 0 Å². The van der Waals surface area contributed by atoms with E-state index in [9.17, 15) is 4.79 Å². The SMILES string of the molecule is CCC(=O)N1CC(C)OC(CC)C1. The van der Waals surface area contributed by atoms with Gasteiger partial charge in [-0.25, -0.2) is 0 Å². The van der Waals surface area contributed by atoms with Gasteiger partial charge in [0.25, 0.3) is 0 Å². The lowest BCUT2D eigenvalue weighted by molar-refractivity contribution is -0.144. The van der Waals surface area contributed by atoms with Crippen molar-refractivity contribution in [2.45, 2.75) is 45.8 Å². The molecule has 1 aliphatic rings. The summed E-state index contributed by atoms with van der Waals surface area (Å²) < 4.78 is 5.67. The van der Waals surface area contributed by atoms with Gasteiger partial charge in [-0.15, -0.1) is 0 Å². The molecule has 2 unspecified atom stereocenters. The monoisotopic (exact) mass is 185 g/mol. The summed E-state index contributed by atoms with van der Waals surface area (Å²) >= 11 is 0. The van der Waals surface area contributed by atoms with Crippen LogP contribution in [0.3, 0.4) is 0 Å². The number of nitrogens with zero attached hydrogens (tertiary/aromatic N) is 1. The number of amides is 1. The van der Waals surface area contributed by atoms with Crippen LogP contribution >= 0.6 is 0 Å². The highest BCUT2D eigenvalue weighted by Crippen LogP contribution is 2.14. The minimum atomic E-state index is 0.189. The lowest BCUT2D eigenvalue weighted by Gasteiger charge is -2.36. The molecule has 76 valence electrons. The number of rotatable bonds is 2. The van der Waals surface area contributed by atoms with Gasteiger partial charge in [-0.1, -0.05) is 13.8 Å². The van der Waals surface area contributed by atoms with Gasteiger partial charge in [0.15, 0.2) is 0 Å². The van der Waals surface area contributed by atoms with E-state index < -0.39 is 0 Å². The number of morpholine rings is 1. The number of carbonyl (C=O) groups is 1. The van der Waals surface area contributed by atoms with E-state index in [2.05, 4.69) is 6.92 Å². The molecule has 0 N–H and O–H groups in total. The molecule has 0 bridgehead atoms. The summed E-state index contributed by atoms with van der Waals surface area (Å²) in [5.41, 5.74) is 0. The van der Waals surface area contributed by atoms with Gasteiger partial charge in [0, 0.05) is 19.5 Å². The van der Waals surface area contributed by atoms with Crippen molar-refractivity contribution in [3.63, 3.8) is 0 Å². The minimum Gasteiger partial charge on any atom is -0.372 e. The van der Waals surface area contributed by atoms with Gasteiger partial charge in [-0.05, 0) is 13.3 Å². The van der Waals surface area contributed by atoms with Crippen LogP contribution in [0.5, 0.6) is 0 Å². The molecule has 1 rings (SSSR count). The molecule has 0 saturated carbocycles. The molecule has 0 aliphatic carbocycles. The summed E-state index contributed by atoms with van der Waals surface area (Å²) in [4.78, 5) is 13.4. The summed E-state index contributed by atoms with van der Waals surface area (Å²) in [5.74, 6) is 0.244. The van der Waals surface area contributed by atoms with Crippen LogP contribution in [0.2, 0.25) is 0 Å². The van der Waals surface area contributed by atoms with Crippen molar-refractivity contribution < 1.29 is 9.53 Å². The van der Waals surface area contributed by atoms with Crippen LogP contribution in [0, 0.1) is 0 Å². The molecule has 3 heteroatoms. The van der Waals surface area contributed by atoms with Crippen LogP contribution in [0.4, 0.5) is 0 Å². The normalized spacial score (nSPS) is 29.0. The highest BCUT2D eigenvalue weighted by Gasteiger charge is 2.26.